The smallest absolute Gasteiger partial charge is 0.306 e. The minimum absolute atomic E-state index is 0.0270. The summed E-state index contributed by atoms with van der Waals surface area (Å²) in [4.78, 5) is 28.4. The summed E-state index contributed by atoms with van der Waals surface area (Å²) in [6.45, 7) is 5.37. The Bertz CT molecular complexity index is 1090. The average molecular weight is 390 g/mol. The number of nitriles is 1. The second-order valence-electron chi connectivity index (χ2n) is 7.63. The van der Waals surface area contributed by atoms with Crippen LogP contribution in [0.5, 0.6) is 0 Å². The van der Waals surface area contributed by atoms with Gasteiger partial charge in [0.1, 0.15) is 11.2 Å². The summed E-state index contributed by atoms with van der Waals surface area (Å²) in [6, 6.07) is 12.8. The maximum atomic E-state index is 12.1. The van der Waals surface area contributed by atoms with Crippen molar-refractivity contribution in [2.45, 2.75) is 39.2 Å². The van der Waals surface area contributed by atoms with Crippen LogP contribution in [0.15, 0.2) is 48.8 Å². The number of benzene rings is 1. The molecule has 0 aliphatic heterocycles. The lowest BCUT2D eigenvalue weighted by atomic mass is 10.1. The topological polar surface area (TPSA) is 96.5 Å². The van der Waals surface area contributed by atoms with E-state index in [2.05, 4.69) is 16.4 Å². The molecule has 0 fully saturated rings. The maximum absolute atomic E-state index is 12.1. The zero-order valence-corrected chi connectivity index (χ0v) is 16.6. The highest BCUT2D eigenvalue weighted by atomic mass is 16.6. The second kappa shape index (κ2) is 8.15. The van der Waals surface area contributed by atoms with Crippen LogP contribution >= 0.6 is 0 Å². The predicted octanol–water partition coefficient (Wildman–Crippen LogP) is 3.93. The number of pyridine rings is 1. The van der Waals surface area contributed by atoms with Crippen molar-refractivity contribution < 1.29 is 14.3 Å². The molecule has 2 aromatic heterocycles. The molecule has 1 amide bonds. The van der Waals surface area contributed by atoms with Crippen molar-refractivity contribution in [1.82, 2.24) is 9.38 Å². The Kier molecular flexibility index (Phi) is 5.64. The average Bonchev–Trinajstić information content (AvgIpc) is 3.08. The molecule has 1 aromatic carbocycles. The van der Waals surface area contributed by atoms with E-state index < -0.39 is 11.6 Å². The quantitative estimate of drug-likeness (QED) is 0.666. The van der Waals surface area contributed by atoms with Gasteiger partial charge in [0, 0.05) is 24.4 Å². The molecule has 0 spiro atoms. The normalized spacial score (nSPS) is 11.1. The Morgan fingerprint density at radius 3 is 2.48 bits per heavy atom. The first kappa shape index (κ1) is 20.1. The number of amides is 1. The van der Waals surface area contributed by atoms with Crippen molar-refractivity contribution >= 4 is 23.2 Å². The standard InChI is InChI=1S/C22H22N4O3/c1-22(2,3)29-21(28)11-10-20(27)24-17-8-9-19-25-18(14-26(19)13-17)16-6-4-15(12-23)5-7-16/h4-9,13-14H,10-11H2,1-3H3,(H,24,27). The van der Waals surface area contributed by atoms with Gasteiger partial charge in [0.2, 0.25) is 5.91 Å². The molecule has 0 unspecified atom stereocenters. The van der Waals surface area contributed by atoms with Gasteiger partial charge in [-0.2, -0.15) is 5.26 Å². The van der Waals surface area contributed by atoms with Crippen LogP contribution in [0.3, 0.4) is 0 Å². The van der Waals surface area contributed by atoms with Crippen molar-refractivity contribution in [3.63, 3.8) is 0 Å². The third-order valence-electron chi connectivity index (χ3n) is 4.02. The van der Waals surface area contributed by atoms with Crippen molar-refractivity contribution in [1.29, 1.82) is 5.26 Å². The number of nitrogens with one attached hydrogen (secondary N) is 1. The van der Waals surface area contributed by atoms with Crippen LogP contribution < -0.4 is 5.32 Å². The number of hydrogen-bond acceptors (Lipinski definition) is 5. The highest BCUT2D eigenvalue weighted by Crippen LogP contribution is 2.21. The lowest BCUT2D eigenvalue weighted by molar-refractivity contribution is -0.155. The number of aromatic nitrogens is 2. The molecule has 3 rings (SSSR count). The Hall–Kier alpha value is -3.66. The molecule has 148 valence electrons. The zero-order chi connectivity index (χ0) is 21.0. The fraction of sp³-hybridized carbons (Fsp3) is 0.273. The summed E-state index contributed by atoms with van der Waals surface area (Å²) in [5.74, 6) is -0.660. The molecule has 29 heavy (non-hydrogen) atoms. The molecule has 0 saturated heterocycles. The Morgan fingerprint density at radius 1 is 1.10 bits per heavy atom. The first-order valence-corrected chi connectivity index (χ1v) is 9.24. The Morgan fingerprint density at radius 2 is 1.83 bits per heavy atom. The van der Waals surface area contributed by atoms with E-state index in [4.69, 9.17) is 10.00 Å². The summed E-state index contributed by atoms with van der Waals surface area (Å²) in [5, 5.41) is 11.7. The van der Waals surface area contributed by atoms with E-state index in [1.54, 1.807) is 51.2 Å². The Balaban J connectivity index is 1.66. The van der Waals surface area contributed by atoms with Gasteiger partial charge in [-0.05, 0) is 45.0 Å². The number of rotatable bonds is 5. The van der Waals surface area contributed by atoms with Gasteiger partial charge in [-0.15, -0.1) is 0 Å². The van der Waals surface area contributed by atoms with Gasteiger partial charge in [0.15, 0.2) is 0 Å². The molecule has 0 saturated carbocycles. The Labute approximate surface area is 168 Å². The number of nitrogens with zero attached hydrogens (tertiary/aromatic N) is 3. The first-order valence-electron chi connectivity index (χ1n) is 9.24. The third-order valence-corrected chi connectivity index (χ3v) is 4.02. The monoisotopic (exact) mass is 390 g/mol. The molecule has 0 atom stereocenters. The summed E-state index contributed by atoms with van der Waals surface area (Å²) in [6.07, 6.45) is 3.69. The summed E-state index contributed by atoms with van der Waals surface area (Å²) in [5.41, 5.74) is 3.03. The predicted molar refractivity (Wildman–Crippen MR) is 109 cm³/mol. The summed E-state index contributed by atoms with van der Waals surface area (Å²) in [7, 11) is 0. The molecular weight excluding hydrogens is 368 g/mol. The van der Waals surface area contributed by atoms with Gasteiger partial charge in [0.05, 0.1) is 29.4 Å². The lowest BCUT2D eigenvalue weighted by Gasteiger charge is -2.19. The fourth-order valence-electron chi connectivity index (χ4n) is 2.75. The summed E-state index contributed by atoms with van der Waals surface area (Å²) >= 11 is 0. The van der Waals surface area contributed by atoms with Gasteiger partial charge in [-0.25, -0.2) is 4.98 Å². The number of esters is 1. The molecule has 0 aliphatic carbocycles. The molecule has 2 heterocycles. The number of carbonyl (C=O) groups is 2. The molecule has 1 N–H and O–H groups in total. The van der Waals surface area contributed by atoms with E-state index in [0.717, 1.165) is 16.9 Å². The number of hydrogen-bond donors (Lipinski definition) is 1. The molecule has 0 radical (unpaired) electrons. The molecule has 0 bridgehead atoms. The van der Waals surface area contributed by atoms with E-state index in [1.165, 1.54) is 0 Å². The summed E-state index contributed by atoms with van der Waals surface area (Å²) < 4.78 is 7.02. The van der Waals surface area contributed by atoms with E-state index in [1.807, 2.05) is 22.7 Å². The zero-order valence-electron chi connectivity index (χ0n) is 16.6. The van der Waals surface area contributed by atoms with Gasteiger partial charge >= 0.3 is 5.97 Å². The van der Waals surface area contributed by atoms with Crippen LogP contribution in [0.2, 0.25) is 0 Å². The van der Waals surface area contributed by atoms with Gasteiger partial charge in [-0.1, -0.05) is 12.1 Å². The van der Waals surface area contributed by atoms with Crippen LogP contribution in [0.1, 0.15) is 39.2 Å². The van der Waals surface area contributed by atoms with Crippen molar-refractivity contribution in [2.75, 3.05) is 5.32 Å². The van der Waals surface area contributed by atoms with E-state index >= 15 is 0 Å². The van der Waals surface area contributed by atoms with Crippen LogP contribution in [0.4, 0.5) is 5.69 Å². The number of ether oxygens (including phenoxy) is 1. The maximum Gasteiger partial charge on any atom is 0.306 e. The third kappa shape index (κ3) is 5.42. The van der Waals surface area contributed by atoms with Crippen LogP contribution in [0, 0.1) is 11.3 Å². The highest BCUT2D eigenvalue weighted by Gasteiger charge is 2.17. The van der Waals surface area contributed by atoms with Gasteiger partial charge in [0.25, 0.3) is 0 Å². The lowest BCUT2D eigenvalue weighted by Crippen LogP contribution is -2.24. The number of imidazole rings is 1. The molecule has 3 aromatic rings. The SMILES string of the molecule is CC(C)(C)OC(=O)CCC(=O)Nc1ccc2nc(-c3ccc(C#N)cc3)cn2c1. The minimum atomic E-state index is -0.563. The highest BCUT2D eigenvalue weighted by molar-refractivity contribution is 5.92. The van der Waals surface area contributed by atoms with Gasteiger partial charge in [-0.3, -0.25) is 9.59 Å². The van der Waals surface area contributed by atoms with Crippen molar-refractivity contribution in [2.24, 2.45) is 0 Å². The minimum Gasteiger partial charge on any atom is -0.460 e. The van der Waals surface area contributed by atoms with Gasteiger partial charge < -0.3 is 14.5 Å². The van der Waals surface area contributed by atoms with E-state index in [9.17, 15) is 9.59 Å². The molecular formula is C22H22N4O3. The van der Waals surface area contributed by atoms with Crippen molar-refractivity contribution in [3.8, 4) is 17.3 Å². The van der Waals surface area contributed by atoms with E-state index in [-0.39, 0.29) is 18.7 Å². The number of fused-ring (bicyclic) bond motifs is 1. The number of anilines is 1. The fourth-order valence-corrected chi connectivity index (χ4v) is 2.75. The molecule has 7 heteroatoms. The number of carbonyl (C=O) groups excluding carboxylic acids is 2. The molecule has 7 nitrogen and oxygen atoms in total. The van der Waals surface area contributed by atoms with Crippen LogP contribution in [0.25, 0.3) is 16.9 Å². The first-order chi connectivity index (χ1) is 13.7. The van der Waals surface area contributed by atoms with Crippen LogP contribution in [-0.4, -0.2) is 26.9 Å². The second-order valence-corrected chi connectivity index (χ2v) is 7.63. The molecule has 0 aliphatic rings. The van der Waals surface area contributed by atoms with Crippen LogP contribution in [-0.2, 0) is 14.3 Å². The largest absolute Gasteiger partial charge is 0.460 e. The van der Waals surface area contributed by atoms with Crippen molar-refractivity contribution in [3.05, 3.63) is 54.4 Å². The van der Waals surface area contributed by atoms with E-state index in [0.29, 0.717) is 11.3 Å².